The number of amides is 3. The van der Waals surface area contributed by atoms with E-state index in [1.165, 1.54) is 11.3 Å². The molecule has 2 heterocycles. The zero-order valence-electron chi connectivity index (χ0n) is 16.9. The Morgan fingerprint density at radius 3 is 2.55 bits per heavy atom. The van der Waals surface area contributed by atoms with Gasteiger partial charge in [0, 0.05) is 31.0 Å². The topological polar surface area (TPSA) is 96.0 Å². The number of carbonyl (C=O) groups is 2. The molecule has 2 aromatic heterocycles. The number of rotatable bonds is 6. The van der Waals surface area contributed by atoms with Gasteiger partial charge in [-0.3, -0.25) is 15.1 Å². The summed E-state index contributed by atoms with van der Waals surface area (Å²) in [6, 6.07) is 17.1. The van der Waals surface area contributed by atoms with Crippen molar-refractivity contribution in [3.05, 3.63) is 72.7 Å². The van der Waals surface area contributed by atoms with Crippen LogP contribution >= 0.6 is 11.3 Å². The fraction of sp³-hybridized carbons (Fsp3) is 0.130. The molecule has 0 aliphatic heterocycles. The number of aryl methyl sites for hydroxylation is 1. The van der Waals surface area contributed by atoms with Crippen molar-refractivity contribution in [2.45, 2.75) is 13.3 Å². The summed E-state index contributed by atoms with van der Waals surface area (Å²) in [7, 11) is 0. The summed E-state index contributed by atoms with van der Waals surface area (Å²) in [6.07, 6.45) is 3.61. The van der Waals surface area contributed by atoms with Gasteiger partial charge in [0.1, 0.15) is 0 Å². The van der Waals surface area contributed by atoms with E-state index in [0.717, 1.165) is 32.6 Å². The zero-order valence-corrected chi connectivity index (χ0v) is 17.7. The van der Waals surface area contributed by atoms with Gasteiger partial charge < -0.3 is 10.6 Å². The number of thiazole rings is 1. The van der Waals surface area contributed by atoms with E-state index in [1.807, 2.05) is 61.5 Å². The second kappa shape index (κ2) is 9.36. The van der Waals surface area contributed by atoms with E-state index in [1.54, 1.807) is 12.4 Å². The average molecular weight is 432 g/mol. The maximum Gasteiger partial charge on any atom is 0.321 e. The van der Waals surface area contributed by atoms with Crippen molar-refractivity contribution < 1.29 is 9.59 Å². The third-order valence-corrected chi connectivity index (χ3v) is 5.75. The lowest BCUT2D eigenvalue weighted by molar-refractivity contribution is -0.116. The third-order valence-electron chi connectivity index (χ3n) is 4.63. The Hall–Kier alpha value is -3.78. The molecule has 0 fully saturated rings. The molecule has 0 aliphatic carbocycles. The van der Waals surface area contributed by atoms with Crippen molar-refractivity contribution in [2.75, 3.05) is 17.2 Å². The van der Waals surface area contributed by atoms with E-state index in [4.69, 9.17) is 0 Å². The molecular formula is C23H21N5O2S. The summed E-state index contributed by atoms with van der Waals surface area (Å²) < 4.78 is 0. The van der Waals surface area contributed by atoms with Gasteiger partial charge in [0.05, 0.1) is 10.6 Å². The Morgan fingerprint density at radius 2 is 1.74 bits per heavy atom. The van der Waals surface area contributed by atoms with Crippen LogP contribution < -0.4 is 16.0 Å². The summed E-state index contributed by atoms with van der Waals surface area (Å²) in [5, 5.41) is 11.0. The molecule has 0 aliphatic rings. The number of hydrogen-bond acceptors (Lipinski definition) is 5. The van der Waals surface area contributed by atoms with E-state index in [0.29, 0.717) is 5.13 Å². The lowest BCUT2D eigenvalue weighted by atomic mass is 10.1. The standard InChI is InChI=1S/C23H21N5O2S/c1-15-21(17-8-11-24-12-9-17)31-23(26-15)28-22(30)25-13-10-20(29)27-19-7-6-16-4-2-3-5-18(16)14-19/h2-9,11-12,14H,10,13H2,1H3,(H,27,29)(H2,25,26,28,30). The number of fused-ring (bicyclic) bond motifs is 1. The first kappa shape index (κ1) is 20.5. The molecule has 0 saturated heterocycles. The predicted octanol–water partition coefficient (Wildman–Crippen LogP) is 4.82. The molecule has 7 nitrogen and oxygen atoms in total. The van der Waals surface area contributed by atoms with Gasteiger partial charge in [-0.2, -0.15) is 0 Å². The van der Waals surface area contributed by atoms with Crippen LogP contribution in [0.25, 0.3) is 21.2 Å². The van der Waals surface area contributed by atoms with Crippen molar-refractivity contribution in [2.24, 2.45) is 0 Å². The summed E-state index contributed by atoms with van der Waals surface area (Å²) >= 11 is 1.39. The Morgan fingerprint density at radius 1 is 0.968 bits per heavy atom. The minimum Gasteiger partial charge on any atom is -0.337 e. The van der Waals surface area contributed by atoms with Crippen LogP contribution in [0.1, 0.15) is 12.1 Å². The quantitative estimate of drug-likeness (QED) is 0.408. The maximum absolute atomic E-state index is 12.2. The number of hydrogen-bond donors (Lipinski definition) is 3. The largest absolute Gasteiger partial charge is 0.337 e. The molecule has 2 aromatic carbocycles. The number of pyridine rings is 1. The summed E-state index contributed by atoms with van der Waals surface area (Å²) in [5.74, 6) is -0.166. The van der Waals surface area contributed by atoms with Gasteiger partial charge in [-0.05, 0) is 47.5 Å². The molecular weight excluding hydrogens is 410 g/mol. The third kappa shape index (κ3) is 5.23. The van der Waals surface area contributed by atoms with Crippen molar-refractivity contribution in [3.8, 4) is 10.4 Å². The Kier molecular flexibility index (Phi) is 6.18. The van der Waals surface area contributed by atoms with Gasteiger partial charge in [0.2, 0.25) is 5.91 Å². The van der Waals surface area contributed by atoms with Crippen LogP contribution in [0.4, 0.5) is 15.6 Å². The number of urea groups is 1. The van der Waals surface area contributed by atoms with Crippen molar-refractivity contribution >= 4 is 44.9 Å². The molecule has 31 heavy (non-hydrogen) atoms. The fourth-order valence-corrected chi connectivity index (χ4v) is 4.11. The molecule has 4 rings (SSSR count). The molecule has 0 radical (unpaired) electrons. The minimum atomic E-state index is -0.395. The molecule has 0 saturated carbocycles. The molecule has 3 N–H and O–H groups in total. The maximum atomic E-state index is 12.2. The molecule has 0 unspecified atom stereocenters. The van der Waals surface area contributed by atoms with Crippen molar-refractivity contribution in [1.29, 1.82) is 0 Å². The normalized spacial score (nSPS) is 10.6. The summed E-state index contributed by atoms with van der Waals surface area (Å²) in [5.41, 5.74) is 2.57. The summed E-state index contributed by atoms with van der Waals surface area (Å²) in [4.78, 5) is 33.7. The van der Waals surface area contributed by atoms with Crippen LogP contribution in [0.2, 0.25) is 0 Å². The van der Waals surface area contributed by atoms with Crippen LogP contribution in [0.3, 0.4) is 0 Å². The van der Waals surface area contributed by atoms with Gasteiger partial charge in [0.25, 0.3) is 0 Å². The van der Waals surface area contributed by atoms with Gasteiger partial charge >= 0.3 is 6.03 Å². The summed E-state index contributed by atoms with van der Waals surface area (Å²) in [6.45, 7) is 2.11. The first-order valence-corrected chi connectivity index (χ1v) is 10.6. The highest BCUT2D eigenvalue weighted by atomic mass is 32.1. The molecule has 8 heteroatoms. The Balaban J connectivity index is 1.26. The highest BCUT2D eigenvalue weighted by molar-refractivity contribution is 7.19. The minimum absolute atomic E-state index is 0.166. The number of aromatic nitrogens is 2. The highest BCUT2D eigenvalue weighted by Crippen LogP contribution is 2.32. The monoisotopic (exact) mass is 431 g/mol. The van der Waals surface area contributed by atoms with Gasteiger partial charge in [-0.25, -0.2) is 9.78 Å². The van der Waals surface area contributed by atoms with Crippen molar-refractivity contribution in [3.63, 3.8) is 0 Å². The van der Waals surface area contributed by atoms with E-state index >= 15 is 0 Å². The number of benzene rings is 2. The fourth-order valence-electron chi connectivity index (χ4n) is 3.14. The van der Waals surface area contributed by atoms with E-state index < -0.39 is 6.03 Å². The van der Waals surface area contributed by atoms with Crippen LogP contribution in [-0.2, 0) is 4.79 Å². The average Bonchev–Trinajstić information content (AvgIpc) is 3.14. The van der Waals surface area contributed by atoms with Crippen LogP contribution in [-0.4, -0.2) is 28.5 Å². The first-order chi connectivity index (χ1) is 15.1. The zero-order chi connectivity index (χ0) is 21.6. The Labute approximate surface area is 183 Å². The second-order valence-electron chi connectivity index (χ2n) is 6.91. The number of carbonyl (C=O) groups excluding carboxylic acids is 2. The lowest BCUT2D eigenvalue weighted by Gasteiger charge is -2.08. The first-order valence-electron chi connectivity index (χ1n) is 9.80. The molecule has 3 amide bonds. The van der Waals surface area contributed by atoms with Crippen LogP contribution in [0.15, 0.2) is 67.0 Å². The van der Waals surface area contributed by atoms with Gasteiger partial charge in [0.15, 0.2) is 5.13 Å². The molecule has 0 spiro atoms. The molecule has 0 atom stereocenters. The smallest absolute Gasteiger partial charge is 0.321 e. The molecule has 4 aromatic rings. The SMILES string of the molecule is Cc1nc(NC(=O)NCCC(=O)Nc2ccc3ccccc3c2)sc1-c1ccncc1. The molecule has 0 bridgehead atoms. The second-order valence-corrected chi connectivity index (χ2v) is 7.91. The predicted molar refractivity (Wildman–Crippen MR) is 124 cm³/mol. The van der Waals surface area contributed by atoms with E-state index in [2.05, 4.69) is 25.9 Å². The number of nitrogens with zero attached hydrogens (tertiary/aromatic N) is 2. The van der Waals surface area contributed by atoms with Crippen molar-refractivity contribution in [1.82, 2.24) is 15.3 Å². The molecule has 156 valence electrons. The van der Waals surface area contributed by atoms with Gasteiger partial charge in [-0.15, -0.1) is 0 Å². The van der Waals surface area contributed by atoms with Gasteiger partial charge in [-0.1, -0.05) is 41.7 Å². The van der Waals surface area contributed by atoms with E-state index in [9.17, 15) is 9.59 Å². The highest BCUT2D eigenvalue weighted by Gasteiger charge is 2.12. The van der Waals surface area contributed by atoms with E-state index in [-0.39, 0.29) is 18.9 Å². The lowest BCUT2D eigenvalue weighted by Crippen LogP contribution is -2.31. The van der Waals surface area contributed by atoms with Crippen LogP contribution in [0.5, 0.6) is 0 Å². The Bertz CT molecular complexity index is 1220. The number of anilines is 2. The number of nitrogens with one attached hydrogen (secondary N) is 3. The van der Waals surface area contributed by atoms with Crippen LogP contribution in [0, 0.1) is 6.92 Å².